The van der Waals surface area contributed by atoms with Gasteiger partial charge in [-0.2, -0.15) is 18.3 Å². The monoisotopic (exact) mass is 308 g/mol. The second-order valence-electron chi connectivity index (χ2n) is 4.33. The van der Waals surface area contributed by atoms with E-state index in [1.807, 2.05) is 0 Å². The highest BCUT2D eigenvalue weighted by Crippen LogP contribution is 2.30. The summed E-state index contributed by atoms with van der Waals surface area (Å²) in [5.74, 6) is -0.597. The molecule has 0 aliphatic heterocycles. The van der Waals surface area contributed by atoms with Crippen LogP contribution in [0, 0.1) is 0 Å². The minimum Gasteiger partial charge on any atom is -0.508 e. The number of nitrogens with one attached hydrogen (secondary N) is 1. The largest absolute Gasteiger partial charge is 0.508 e. The number of hydrazone groups is 1. The van der Waals surface area contributed by atoms with E-state index >= 15 is 0 Å². The quantitative estimate of drug-likeness (QED) is 0.676. The highest BCUT2D eigenvalue weighted by molar-refractivity contribution is 5.95. The third-order valence-corrected chi connectivity index (χ3v) is 2.77. The van der Waals surface area contributed by atoms with E-state index in [1.165, 1.54) is 42.5 Å². The zero-order chi connectivity index (χ0) is 16.2. The minimum absolute atomic E-state index is 0.000782. The predicted molar refractivity (Wildman–Crippen MR) is 74.6 cm³/mol. The van der Waals surface area contributed by atoms with E-state index in [4.69, 9.17) is 5.11 Å². The zero-order valence-electron chi connectivity index (χ0n) is 11.1. The van der Waals surface area contributed by atoms with Gasteiger partial charge in [0.05, 0.1) is 11.8 Å². The van der Waals surface area contributed by atoms with Crippen molar-refractivity contribution in [1.29, 1.82) is 0 Å². The van der Waals surface area contributed by atoms with Crippen molar-refractivity contribution in [2.24, 2.45) is 5.10 Å². The molecule has 0 atom stereocenters. The number of carbonyl (C=O) groups excluding carboxylic acids is 1. The van der Waals surface area contributed by atoms with Crippen molar-refractivity contribution in [3.05, 3.63) is 65.2 Å². The number of amides is 1. The van der Waals surface area contributed by atoms with Crippen LogP contribution >= 0.6 is 0 Å². The average molecular weight is 308 g/mol. The molecule has 2 N–H and O–H groups in total. The van der Waals surface area contributed by atoms with Crippen LogP contribution in [0.25, 0.3) is 0 Å². The van der Waals surface area contributed by atoms with Crippen molar-refractivity contribution in [3.63, 3.8) is 0 Å². The summed E-state index contributed by atoms with van der Waals surface area (Å²) in [5, 5.41) is 12.6. The number of aromatic hydroxyl groups is 1. The normalized spacial score (nSPS) is 11.6. The lowest BCUT2D eigenvalue weighted by molar-refractivity contribution is -0.137. The summed E-state index contributed by atoms with van der Waals surface area (Å²) in [6, 6.07) is 10.3. The van der Waals surface area contributed by atoms with E-state index in [9.17, 15) is 18.0 Å². The van der Waals surface area contributed by atoms with Gasteiger partial charge >= 0.3 is 6.18 Å². The molecule has 0 aliphatic carbocycles. The highest BCUT2D eigenvalue weighted by atomic mass is 19.4. The summed E-state index contributed by atoms with van der Waals surface area (Å²) in [7, 11) is 0. The number of benzene rings is 2. The molecule has 2 aromatic carbocycles. The van der Waals surface area contributed by atoms with Crippen molar-refractivity contribution < 1.29 is 23.1 Å². The molecule has 0 unspecified atom stereocenters. The maximum atomic E-state index is 12.8. The lowest BCUT2D eigenvalue weighted by atomic mass is 10.1. The smallest absolute Gasteiger partial charge is 0.417 e. The molecule has 22 heavy (non-hydrogen) atoms. The minimum atomic E-state index is -4.50. The Balaban J connectivity index is 2.10. The zero-order valence-corrected chi connectivity index (χ0v) is 11.1. The van der Waals surface area contributed by atoms with Crippen molar-refractivity contribution in [3.8, 4) is 5.75 Å². The van der Waals surface area contributed by atoms with E-state index in [0.29, 0.717) is 0 Å². The molecule has 0 saturated heterocycles. The molecule has 2 aromatic rings. The lowest BCUT2D eigenvalue weighted by Gasteiger charge is -2.09. The second-order valence-corrected chi connectivity index (χ2v) is 4.33. The first-order chi connectivity index (χ1) is 10.4. The molecule has 2 rings (SSSR count). The summed E-state index contributed by atoms with van der Waals surface area (Å²) < 4.78 is 38.3. The topological polar surface area (TPSA) is 61.7 Å². The molecular weight excluding hydrogens is 297 g/mol. The molecule has 0 fully saturated rings. The first kappa shape index (κ1) is 15.6. The van der Waals surface area contributed by atoms with Gasteiger partial charge in [0, 0.05) is 11.1 Å². The number of halogens is 3. The van der Waals surface area contributed by atoms with Gasteiger partial charge in [-0.25, -0.2) is 5.43 Å². The van der Waals surface area contributed by atoms with E-state index in [2.05, 4.69) is 10.5 Å². The van der Waals surface area contributed by atoms with Crippen molar-refractivity contribution in [2.45, 2.75) is 6.18 Å². The van der Waals surface area contributed by atoms with Crippen molar-refractivity contribution >= 4 is 12.1 Å². The van der Waals surface area contributed by atoms with E-state index in [1.54, 1.807) is 0 Å². The fraction of sp³-hybridized carbons (Fsp3) is 0.0667. The molecule has 114 valence electrons. The fourth-order valence-electron chi connectivity index (χ4n) is 1.71. The van der Waals surface area contributed by atoms with Crippen molar-refractivity contribution in [1.82, 2.24) is 5.43 Å². The third-order valence-electron chi connectivity index (χ3n) is 2.77. The van der Waals surface area contributed by atoms with Crippen LogP contribution in [-0.2, 0) is 6.18 Å². The average Bonchev–Trinajstić information content (AvgIpc) is 2.47. The summed E-state index contributed by atoms with van der Waals surface area (Å²) in [6.07, 6.45) is -3.56. The Kier molecular flexibility index (Phi) is 4.45. The van der Waals surface area contributed by atoms with Crippen LogP contribution < -0.4 is 5.43 Å². The third kappa shape index (κ3) is 3.85. The van der Waals surface area contributed by atoms with Crippen LogP contribution in [0.1, 0.15) is 21.5 Å². The van der Waals surface area contributed by atoms with Gasteiger partial charge < -0.3 is 5.11 Å². The van der Waals surface area contributed by atoms with Crippen LogP contribution in [-0.4, -0.2) is 17.2 Å². The SMILES string of the molecule is O=C(NN=Cc1ccccc1C(F)(F)F)c1ccc(O)cc1. The van der Waals surface area contributed by atoms with Crippen LogP contribution in [0.2, 0.25) is 0 Å². The number of rotatable bonds is 3. The molecule has 0 heterocycles. The molecule has 7 heteroatoms. The molecule has 0 aromatic heterocycles. The molecule has 1 amide bonds. The molecular formula is C15H11F3N2O2. The summed E-state index contributed by atoms with van der Waals surface area (Å²) in [4.78, 5) is 11.7. The summed E-state index contributed by atoms with van der Waals surface area (Å²) in [6.45, 7) is 0. The van der Waals surface area contributed by atoms with Gasteiger partial charge in [-0.3, -0.25) is 4.79 Å². The van der Waals surface area contributed by atoms with Gasteiger partial charge in [0.15, 0.2) is 0 Å². The first-order valence-corrected chi connectivity index (χ1v) is 6.16. The molecule has 0 aliphatic rings. The predicted octanol–water partition coefficient (Wildman–Crippen LogP) is 3.17. The van der Waals surface area contributed by atoms with Gasteiger partial charge in [-0.05, 0) is 30.3 Å². The number of nitrogens with zero attached hydrogens (tertiary/aromatic N) is 1. The van der Waals surface area contributed by atoms with Crippen LogP contribution in [0.15, 0.2) is 53.6 Å². The number of hydrogen-bond acceptors (Lipinski definition) is 3. The molecule has 0 saturated carbocycles. The Hall–Kier alpha value is -2.83. The number of phenolic OH excluding ortho intramolecular Hbond substituents is 1. The number of phenols is 1. The molecule has 0 radical (unpaired) electrons. The van der Waals surface area contributed by atoms with E-state index in [-0.39, 0.29) is 16.9 Å². The Bertz CT molecular complexity index is 695. The number of carbonyl (C=O) groups is 1. The second kappa shape index (κ2) is 6.30. The molecule has 4 nitrogen and oxygen atoms in total. The molecule has 0 bridgehead atoms. The van der Waals surface area contributed by atoms with Gasteiger partial charge in [-0.15, -0.1) is 0 Å². The Morgan fingerprint density at radius 1 is 1.09 bits per heavy atom. The number of alkyl halides is 3. The van der Waals surface area contributed by atoms with Gasteiger partial charge in [0.25, 0.3) is 5.91 Å². The Morgan fingerprint density at radius 2 is 1.73 bits per heavy atom. The van der Waals surface area contributed by atoms with E-state index in [0.717, 1.165) is 12.3 Å². The molecule has 0 spiro atoms. The fourth-order valence-corrected chi connectivity index (χ4v) is 1.71. The summed E-state index contributed by atoms with van der Waals surface area (Å²) in [5.41, 5.74) is 1.36. The van der Waals surface area contributed by atoms with Gasteiger partial charge in [0.1, 0.15) is 5.75 Å². The van der Waals surface area contributed by atoms with Crippen molar-refractivity contribution in [2.75, 3.05) is 0 Å². The summed E-state index contributed by atoms with van der Waals surface area (Å²) >= 11 is 0. The van der Waals surface area contributed by atoms with Gasteiger partial charge in [0.2, 0.25) is 0 Å². The first-order valence-electron chi connectivity index (χ1n) is 6.16. The van der Waals surface area contributed by atoms with E-state index < -0.39 is 17.6 Å². The Morgan fingerprint density at radius 3 is 2.36 bits per heavy atom. The Labute approximate surface area is 123 Å². The maximum Gasteiger partial charge on any atom is 0.417 e. The standard InChI is InChI=1S/C15H11F3N2O2/c16-15(17,18)13-4-2-1-3-11(13)9-19-20-14(22)10-5-7-12(21)8-6-10/h1-9,21H,(H,20,22). The van der Waals surface area contributed by atoms with Crippen LogP contribution in [0.4, 0.5) is 13.2 Å². The van der Waals surface area contributed by atoms with Crippen LogP contribution in [0.3, 0.4) is 0 Å². The van der Waals surface area contributed by atoms with Gasteiger partial charge in [-0.1, -0.05) is 18.2 Å². The number of hydrogen-bond donors (Lipinski definition) is 2. The highest BCUT2D eigenvalue weighted by Gasteiger charge is 2.32. The maximum absolute atomic E-state index is 12.8. The lowest BCUT2D eigenvalue weighted by Crippen LogP contribution is -2.18. The van der Waals surface area contributed by atoms with Crippen LogP contribution in [0.5, 0.6) is 5.75 Å².